The zero-order chi connectivity index (χ0) is 10.6. The number of nitrogens with zero attached hydrogens (tertiary/aromatic N) is 3. The molecule has 0 radical (unpaired) electrons. The zero-order valence-corrected chi connectivity index (χ0v) is 7.58. The molecule has 0 fully saturated rings. The smallest absolute Gasteiger partial charge is 0.316 e. The molecule has 0 amide bonds. The molecule has 1 rings (SSSR count). The van der Waals surface area contributed by atoms with Gasteiger partial charge in [-0.25, -0.2) is 0 Å². The van der Waals surface area contributed by atoms with Gasteiger partial charge < -0.3 is 5.11 Å². The first-order valence-corrected chi connectivity index (χ1v) is 3.98. The van der Waals surface area contributed by atoms with E-state index in [1.54, 1.807) is 18.2 Å². The van der Waals surface area contributed by atoms with Crippen molar-refractivity contribution in [2.75, 3.05) is 0 Å². The predicted octanol–water partition coefficient (Wildman–Crippen LogP) is 2.43. The van der Waals surface area contributed by atoms with Crippen LogP contribution >= 0.6 is 0 Å². The Bertz CT molecular complexity index is 395. The Morgan fingerprint density at radius 3 is 2.86 bits per heavy atom. The molecule has 0 aliphatic carbocycles. The Balaban J connectivity index is 3.11. The van der Waals surface area contributed by atoms with E-state index < -0.39 is 12.0 Å². The molecule has 0 saturated carbocycles. The number of aryl methyl sites for hydroxylation is 1. The molecule has 1 N–H and O–H groups in total. The second-order valence-corrected chi connectivity index (χ2v) is 2.86. The summed E-state index contributed by atoms with van der Waals surface area (Å²) in [6, 6.07) is 5.75. The van der Waals surface area contributed by atoms with Crippen LogP contribution in [0.3, 0.4) is 0 Å². The van der Waals surface area contributed by atoms with E-state index in [4.69, 9.17) is 10.6 Å². The van der Waals surface area contributed by atoms with Crippen molar-refractivity contribution in [1.82, 2.24) is 0 Å². The van der Waals surface area contributed by atoms with Crippen LogP contribution in [0, 0.1) is 6.92 Å². The molecule has 0 aliphatic rings. The summed E-state index contributed by atoms with van der Waals surface area (Å²) in [7, 11) is 0. The highest BCUT2D eigenvalue weighted by Crippen LogP contribution is 2.18. The highest BCUT2D eigenvalue weighted by atomic mass is 16.4. The number of benzene rings is 1. The number of rotatable bonds is 3. The number of carbonyl (C=O) groups is 1. The summed E-state index contributed by atoms with van der Waals surface area (Å²) in [5, 5.41) is 12.0. The fraction of sp³-hybridized carbons (Fsp3) is 0.222. The van der Waals surface area contributed by atoms with Gasteiger partial charge in [0.15, 0.2) is 6.04 Å². The van der Waals surface area contributed by atoms with Gasteiger partial charge in [0.05, 0.1) is 0 Å². The van der Waals surface area contributed by atoms with Crippen molar-refractivity contribution in [1.29, 1.82) is 0 Å². The summed E-state index contributed by atoms with van der Waals surface area (Å²) in [6.45, 7) is 1.85. The van der Waals surface area contributed by atoms with Gasteiger partial charge in [0.2, 0.25) is 0 Å². The van der Waals surface area contributed by atoms with Crippen molar-refractivity contribution in [2.45, 2.75) is 13.0 Å². The first kappa shape index (κ1) is 10.1. The SMILES string of the molecule is Cc1cccc([C@@H](N=[N+]=[N-])C(=O)O)c1. The third-order valence-corrected chi connectivity index (χ3v) is 1.76. The lowest BCUT2D eigenvalue weighted by molar-refractivity contribution is -0.138. The minimum atomic E-state index is -1.14. The molecule has 5 heteroatoms. The van der Waals surface area contributed by atoms with Crippen LogP contribution in [-0.4, -0.2) is 11.1 Å². The third kappa shape index (κ3) is 2.24. The number of carboxylic acids is 1. The van der Waals surface area contributed by atoms with E-state index in [1.807, 2.05) is 13.0 Å². The van der Waals surface area contributed by atoms with Crippen molar-refractivity contribution in [3.8, 4) is 0 Å². The molecular weight excluding hydrogens is 182 g/mol. The molecule has 0 saturated heterocycles. The number of carboxylic acid groups (broad SMARTS) is 1. The third-order valence-electron chi connectivity index (χ3n) is 1.76. The molecule has 5 nitrogen and oxygen atoms in total. The van der Waals surface area contributed by atoms with Gasteiger partial charge in [-0.3, -0.25) is 4.79 Å². The van der Waals surface area contributed by atoms with E-state index >= 15 is 0 Å². The normalized spacial score (nSPS) is 11.5. The second-order valence-electron chi connectivity index (χ2n) is 2.86. The van der Waals surface area contributed by atoms with Gasteiger partial charge in [0, 0.05) is 4.91 Å². The Hall–Kier alpha value is -2.00. The maximum absolute atomic E-state index is 10.7. The molecule has 0 spiro atoms. The molecule has 0 bridgehead atoms. The molecule has 1 atom stereocenters. The summed E-state index contributed by atoms with van der Waals surface area (Å²) in [4.78, 5) is 13.2. The van der Waals surface area contributed by atoms with E-state index in [2.05, 4.69) is 10.0 Å². The molecule has 0 heterocycles. The van der Waals surface area contributed by atoms with Gasteiger partial charge >= 0.3 is 5.97 Å². The highest BCUT2D eigenvalue weighted by molar-refractivity contribution is 5.75. The monoisotopic (exact) mass is 191 g/mol. The van der Waals surface area contributed by atoms with E-state index in [-0.39, 0.29) is 0 Å². The van der Waals surface area contributed by atoms with E-state index in [0.717, 1.165) is 5.56 Å². The standard InChI is InChI=1S/C9H9N3O2/c1-6-3-2-4-7(5-6)8(9(13)14)11-12-10/h2-5,8H,1H3,(H,13,14)/t8-/m1/s1. The summed E-state index contributed by atoms with van der Waals surface area (Å²) in [6.07, 6.45) is 0. The fourth-order valence-corrected chi connectivity index (χ4v) is 1.15. The lowest BCUT2D eigenvalue weighted by atomic mass is 10.1. The van der Waals surface area contributed by atoms with Crippen LogP contribution in [0.25, 0.3) is 10.4 Å². The molecule has 1 aromatic rings. The average molecular weight is 191 g/mol. The van der Waals surface area contributed by atoms with Crippen LogP contribution in [-0.2, 0) is 4.79 Å². The van der Waals surface area contributed by atoms with Gasteiger partial charge in [-0.1, -0.05) is 34.9 Å². The first-order chi connectivity index (χ1) is 6.65. The second kappa shape index (κ2) is 4.30. The number of hydrogen-bond acceptors (Lipinski definition) is 2. The topological polar surface area (TPSA) is 86.1 Å². The van der Waals surface area contributed by atoms with E-state index in [0.29, 0.717) is 5.56 Å². The highest BCUT2D eigenvalue weighted by Gasteiger charge is 2.17. The molecule has 0 aliphatic heterocycles. The summed E-state index contributed by atoms with van der Waals surface area (Å²) in [5.74, 6) is -1.14. The average Bonchev–Trinajstić information content (AvgIpc) is 2.13. The Kier molecular flexibility index (Phi) is 3.09. The Morgan fingerprint density at radius 2 is 2.36 bits per heavy atom. The van der Waals surface area contributed by atoms with Crippen molar-refractivity contribution in [3.05, 3.63) is 45.8 Å². The summed E-state index contributed by atoms with van der Waals surface area (Å²) in [5.41, 5.74) is 9.64. The number of azide groups is 1. The lowest BCUT2D eigenvalue weighted by Crippen LogP contribution is -2.08. The maximum atomic E-state index is 10.7. The summed E-state index contributed by atoms with van der Waals surface area (Å²) >= 11 is 0. The van der Waals surface area contributed by atoms with Crippen molar-refractivity contribution < 1.29 is 9.90 Å². The Labute approximate surface area is 80.6 Å². The van der Waals surface area contributed by atoms with Gasteiger partial charge in [0.25, 0.3) is 0 Å². The molecule has 1 aromatic carbocycles. The van der Waals surface area contributed by atoms with Crippen molar-refractivity contribution >= 4 is 5.97 Å². The van der Waals surface area contributed by atoms with Gasteiger partial charge in [-0.2, -0.15) is 0 Å². The molecule has 14 heavy (non-hydrogen) atoms. The number of aliphatic carboxylic acids is 1. The quantitative estimate of drug-likeness (QED) is 0.452. The molecular formula is C9H9N3O2. The van der Waals surface area contributed by atoms with Crippen molar-refractivity contribution in [3.63, 3.8) is 0 Å². The van der Waals surface area contributed by atoms with Crippen molar-refractivity contribution in [2.24, 2.45) is 5.11 Å². The van der Waals surface area contributed by atoms with E-state index in [1.165, 1.54) is 0 Å². The van der Waals surface area contributed by atoms with Crippen LogP contribution < -0.4 is 0 Å². The van der Waals surface area contributed by atoms with Crippen LogP contribution in [0.4, 0.5) is 0 Å². The van der Waals surface area contributed by atoms with E-state index in [9.17, 15) is 4.79 Å². The molecule has 0 aromatic heterocycles. The minimum absolute atomic E-state index is 0.496. The molecule has 0 unspecified atom stereocenters. The zero-order valence-electron chi connectivity index (χ0n) is 7.58. The largest absolute Gasteiger partial charge is 0.481 e. The lowest BCUT2D eigenvalue weighted by Gasteiger charge is -2.06. The van der Waals surface area contributed by atoms with Crippen LogP contribution in [0.5, 0.6) is 0 Å². The first-order valence-electron chi connectivity index (χ1n) is 3.98. The van der Waals surface area contributed by atoms with Crippen LogP contribution in [0.2, 0.25) is 0 Å². The Morgan fingerprint density at radius 1 is 1.64 bits per heavy atom. The van der Waals surface area contributed by atoms with Crippen LogP contribution in [0.15, 0.2) is 29.4 Å². The minimum Gasteiger partial charge on any atom is -0.481 e. The van der Waals surface area contributed by atoms with Crippen LogP contribution in [0.1, 0.15) is 17.2 Å². The summed E-state index contributed by atoms with van der Waals surface area (Å²) < 4.78 is 0. The predicted molar refractivity (Wildman–Crippen MR) is 50.7 cm³/mol. The number of hydrogen-bond donors (Lipinski definition) is 1. The maximum Gasteiger partial charge on any atom is 0.316 e. The van der Waals surface area contributed by atoms with Gasteiger partial charge in [-0.15, -0.1) is 0 Å². The van der Waals surface area contributed by atoms with Gasteiger partial charge in [0.1, 0.15) is 0 Å². The van der Waals surface area contributed by atoms with Gasteiger partial charge in [-0.05, 0) is 18.0 Å². The molecule has 72 valence electrons. The fourth-order valence-electron chi connectivity index (χ4n) is 1.15.